The van der Waals surface area contributed by atoms with Crippen LogP contribution in [0.25, 0.3) is 0 Å². The number of aromatic hydroxyl groups is 1. The number of amides is 1. The molecule has 8 heteroatoms. The molecule has 7 nitrogen and oxygen atoms in total. The van der Waals surface area contributed by atoms with E-state index in [0.717, 1.165) is 6.07 Å². The number of nitrogens with two attached hydrogens (primary N) is 1. The molecule has 2 aromatic carbocycles. The highest BCUT2D eigenvalue weighted by molar-refractivity contribution is 6.06. The Morgan fingerprint density at radius 2 is 1.87 bits per heavy atom. The fraction of sp³-hybridized carbons (Fsp3) is 0. The summed E-state index contributed by atoms with van der Waals surface area (Å²) in [4.78, 5) is 20.3. The average molecular weight is 319 g/mol. The second kappa shape index (κ2) is 8.13. The number of halogens is 1. The van der Waals surface area contributed by atoms with Crippen LogP contribution in [0.4, 0.5) is 10.1 Å². The summed E-state index contributed by atoms with van der Waals surface area (Å²) in [6, 6.07) is 9.74. The van der Waals surface area contributed by atoms with E-state index in [0.29, 0.717) is 0 Å². The van der Waals surface area contributed by atoms with Crippen molar-refractivity contribution in [1.29, 1.82) is 5.41 Å². The van der Waals surface area contributed by atoms with Gasteiger partial charge in [0.2, 0.25) is 0 Å². The van der Waals surface area contributed by atoms with E-state index < -0.39 is 11.7 Å². The van der Waals surface area contributed by atoms with Crippen LogP contribution in [-0.4, -0.2) is 28.4 Å². The lowest BCUT2D eigenvalue weighted by Crippen LogP contribution is -2.15. The van der Waals surface area contributed by atoms with Crippen molar-refractivity contribution in [3.8, 4) is 5.75 Å². The standard InChI is InChI=1S/C14H12FN3O2.CH2O2/c15-10-7-8(13(16)17)5-6-11(10)18-14(20)9-3-1-2-4-12(9)19;2-1-3/h1-7,19H,(H3,16,17)(H,18,20);1H,(H,2,3). The number of nitrogen functional groups attached to an aromatic ring is 1. The van der Waals surface area contributed by atoms with Gasteiger partial charge in [0, 0.05) is 5.56 Å². The molecule has 0 aliphatic rings. The van der Waals surface area contributed by atoms with E-state index >= 15 is 0 Å². The zero-order valence-corrected chi connectivity index (χ0v) is 11.8. The predicted molar refractivity (Wildman–Crippen MR) is 82.2 cm³/mol. The molecule has 0 spiro atoms. The maximum Gasteiger partial charge on any atom is 0.290 e. The average Bonchev–Trinajstić information content (AvgIpc) is 2.50. The molecular formula is C15H14FN3O4. The van der Waals surface area contributed by atoms with Crippen molar-refractivity contribution in [2.75, 3.05) is 5.32 Å². The van der Waals surface area contributed by atoms with E-state index in [1.807, 2.05) is 0 Å². The largest absolute Gasteiger partial charge is 0.507 e. The summed E-state index contributed by atoms with van der Waals surface area (Å²) in [5.74, 6) is -1.78. The maximum absolute atomic E-state index is 13.8. The molecule has 0 bridgehead atoms. The summed E-state index contributed by atoms with van der Waals surface area (Å²) >= 11 is 0. The number of phenols is 1. The van der Waals surface area contributed by atoms with Gasteiger partial charge in [-0.15, -0.1) is 0 Å². The molecule has 23 heavy (non-hydrogen) atoms. The lowest BCUT2D eigenvalue weighted by atomic mass is 10.1. The zero-order chi connectivity index (χ0) is 17.4. The molecule has 0 aliphatic carbocycles. The Bertz CT molecular complexity index is 734. The number of carboxylic acid groups (broad SMARTS) is 1. The van der Waals surface area contributed by atoms with Crippen molar-refractivity contribution >= 4 is 23.9 Å². The molecule has 2 aromatic rings. The van der Waals surface area contributed by atoms with Crippen LogP contribution in [-0.2, 0) is 4.79 Å². The van der Waals surface area contributed by atoms with Crippen molar-refractivity contribution in [3.05, 3.63) is 59.4 Å². The number of nitrogens with one attached hydrogen (secondary N) is 2. The first-order valence-electron chi connectivity index (χ1n) is 6.21. The second-order valence-electron chi connectivity index (χ2n) is 4.18. The first kappa shape index (κ1) is 17.6. The lowest BCUT2D eigenvalue weighted by Gasteiger charge is -2.08. The lowest BCUT2D eigenvalue weighted by molar-refractivity contribution is -0.122. The second-order valence-corrected chi connectivity index (χ2v) is 4.18. The van der Waals surface area contributed by atoms with Crippen molar-refractivity contribution < 1.29 is 24.2 Å². The molecule has 0 saturated carbocycles. The quantitative estimate of drug-likeness (QED) is 0.333. The number of phenolic OH excluding ortho intramolecular Hbond substituents is 1. The highest BCUT2D eigenvalue weighted by atomic mass is 19.1. The smallest absolute Gasteiger partial charge is 0.290 e. The maximum atomic E-state index is 13.8. The predicted octanol–water partition coefficient (Wildman–Crippen LogP) is 1.77. The van der Waals surface area contributed by atoms with Crippen LogP contribution in [0, 0.1) is 11.2 Å². The fourth-order valence-electron chi connectivity index (χ4n) is 1.64. The Labute approximate surface area is 130 Å². The van der Waals surface area contributed by atoms with Gasteiger partial charge in [-0.05, 0) is 30.3 Å². The first-order valence-corrected chi connectivity index (χ1v) is 6.21. The van der Waals surface area contributed by atoms with E-state index in [2.05, 4.69) is 5.32 Å². The third kappa shape index (κ3) is 4.81. The highest BCUT2D eigenvalue weighted by Gasteiger charge is 2.13. The van der Waals surface area contributed by atoms with Gasteiger partial charge in [0.05, 0.1) is 11.3 Å². The summed E-state index contributed by atoms with van der Waals surface area (Å²) in [6.45, 7) is -0.250. The van der Waals surface area contributed by atoms with E-state index in [4.69, 9.17) is 21.0 Å². The Balaban J connectivity index is 0.000000816. The van der Waals surface area contributed by atoms with Crippen LogP contribution in [0.2, 0.25) is 0 Å². The number of carbonyl (C=O) groups is 2. The SMILES string of the molecule is N=C(N)c1ccc(NC(=O)c2ccccc2O)c(F)c1.O=CO. The van der Waals surface area contributed by atoms with Gasteiger partial charge in [-0.3, -0.25) is 15.0 Å². The molecule has 0 saturated heterocycles. The van der Waals surface area contributed by atoms with Crippen molar-refractivity contribution in [2.45, 2.75) is 0 Å². The summed E-state index contributed by atoms with van der Waals surface area (Å²) in [6.07, 6.45) is 0. The molecule has 6 N–H and O–H groups in total. The Morgan fingerprint density at radius 3 is 2.39 bits per heavy atom. The topological polar surface area (TPSA) is 136 Å². The van der Waals surface area contributed by atoms with Gasteiger partial charge in [-0.25, -0.2) is 4.39 Å². The molecule has 2 rings (SSSR count). The molecule has 120 valence electrons. The summed E-state index contributed by atoms with van der Waals surface area (Å²) in [7, 11) is 0. The highest BCUT2D eigenvalue weighted by Crippen LogP contribution is 2.20. The van der Waals surface area contributed by atoms with E-state index in [-0.39, 0.29) is 34.9 Å². The summed E-state index contributed by atoms with van der Waals surface area (Å²) in [5.41, 5.74) is 5.46. The Hall–Kier alpha value is -3.42. The van der Waals surface area contributed by atoms with Gasteiger partial charge < -0.3 is 21.3 Å². The molecular weight excluding hydrogens is 305 g/mol. The van der Waals surface area contributed by atoms with Crippen LogP contribution in [0.1, 0.15) is 15.9 Å². The molecule has 0 radical (unpaired) electrons. The third-order valence-electron chi connectivity index (χ3n) is 2.68. The van der Waals surface area contributed by atoms with Gasteiger partial charge in [0.15, 0.2) is 0 Å². The summed E-state index contributed by atoms with van der Waals surface area (Å²) < 4.78 is 13.8. The molecule has 0 aromatic heterocycles. The minimum Gasteiger partial charge on any atom is -0.507 e. The van der Waals surface area contributed by atoms with Crippen molar-refractivity contribution in [1.82, 2.24) is 0 Å². The van der Waals surface area contributed by atoms with Gasteiger partial charge in [0.1, 0.15) is 17.4 Å². The number of carbonyl (C=O) groups excluding carboxylic acids is 1. The van der Waals surface area contributed by atoms with Crippen LogP contribution in [0.15, 0.2) is 42.5 Å². The van der Waals surface area contributed by atoms with Gasteiger partial charge >= 0.3 is 0 Å². The normalized spacial score (nSPS) is 9.26. The fourth-order valence-corrected chi connectivity index (χ4v) is 1.64. The monoisotopic (exact) mass is 319 g/mol. The third-order valence-corrected chi connectivity index (χ3v) is 2.68. The first-order chi connectivity index (χ1) is 10.9. The number of hydrogen-bond acceptors (Lipinski definition) is 4. The number of amidine groups is 1. The van der Waals surface area contributed by atoms with E-state index in [1.54, 1.807) is 12.1 Å². The number of rotatable bonds is 3. The molecule has 0 aliphatic heterocycles. The number of anilines is 1. The Morgan fingerprint density at radius 1 is 1.26 bits per heavy atom. The molecule has 0 heterocycles. The van der Waals surface area contributed by atoms with Crippen LogP contribution in [0.3, 0.4) is 0 Å². The van der Waals surface area contributed by atoms with E-state index in [9.17, 15) is 14.3 Å². The number of hydrogen-bond donors (Lipinski definition) is 5. The van der Waals surface area contributed by atoms with E-state index in [1.165, 1.54) is 24.3 Å². The zero-order valence-electron chi connectivity index (χ0n) is 11.8. The molecule has 0 unspecified atom stereocenters. The minimum absolute atomic E-state index is 0.0440. The van der Waals surface area contributed by atoms with Gasteiger partial charge in [-0.1, -0.05) is 12.1 Å². The molecule has 1 amide bonds. The van der Waals surface area contributed by atoms with Crippen LogP contribution in [0.5, 0.6) is 5.75 Å². The Kier molecular flexibility index (Phi) is 6.23. The number of benzene rings is 2. The van der Waals surface area contributed by atoms with Gasteiger partial charge in [-0.2, -0.15) is 0 Å². The molecule has 0 atom stereocenters. The number of para-hydroxylation sites is 1. The summed E-state index contributed by atoms with van der Waals surface area (Å²) in [5, 5.41) is 26.0. The van der Waals surface area contributed by atoms with Crippen LogP contribution < -0.4 is 11.1 Å². The van der Waals surface area contributed by atoms with Crippen molar-refractivity contribution in [2.24, 2.45) is 5.73 Å². The molecule has 0 fully saturated rings. The van der Waals surface area contributed by atoms with Crippen LogP contribution >= 0.6 is 0 Å². The van der Waals surface area contributed by atoms with Crippen molar-refractivity contribution in [3.63, 3.8) is 0 Å². The minimum atomic E-state index is -0.707. The van der Waals surface area contributed by atoms with Gasteiger partial charge in [0.25, 0.3) is 12.4 Å².